The Bertz CT molecular complexity index is 1020. The Morgan fingerprint density at radius 2 is 2.00 bits per heavy atom. The first kappa shape index (κ1) is 22.5. The van der Waals surface area contributed by atoms with Gasteiger partial charge in [-0.25, -0.2) is 0 Å². The molecule has 3 aliphatic rings. The first-order valence-corrected chi connectivity index (χ1v) is 13.1. The number of carbonyl (C=O) groups excluding carboxylic acids is 2. The van der Waals surface area contributed by atoms with Crippen molar-refractivity contribution in [2.45, 2.75) is 24.4 Å². The maximum Gasteiger partial charge on any atom is 0.246 e. The molecule has 33 heavy (non-hydrogen) atoms. The number of hydrogen-bond acceptors (Lipinski definition) is 9. The standard InChI is InChI=1S/C22H27N5O4S2/c1-22-14-32-13-19(28)27(22)17(12-33-22)21(29)26-9-7-25(8-10-26)11-18-23-20(24-31-18)15-3-5-16(30-2)6-4-15/h3-6,17H,7-14H2,1-2H3. The van der Waals surface area contributed by atoms with Crippen molar-refractivity contribution < 1.29 is 18.8 Å². The second-order valence-corrected chi connectivity index (χ2v) is 11.1. The second kappa shape index (κ2) is 9.19. The van der Waals surface area contributed by atoms with Crippen molar-refractivity contribution in [2.75, 3.05) is 50.5 Å². The van der Waals surface area contributed by atoms with Gasteiger partial charge in [0.05, 0.1) is 24.3 Å². The maximum atomic E-state index is 13.3. The topological polar surface area (TPSA) is 92.0 Å². The lowest BCUT2D eigenvalue weighted by Crippen LogP contribution is -2.60. The molecule has 0 saturated carbocycles. The third-order valence-electron chi connectivity index (χ3n) is 6.38. The molecule has 176 valence electrons. The quantitative estimate of drug-likeness (QED) is 0.623. The highest BCUT2D eigenvalue weighted by molar-refractivity contribution is 8.04. The fraction of sp³-hybridized carbons (Fsp3) is 0.545. The monoisotopic (exact) mass is 489 g/mol. The van der Waals surface area contributed by atoms with Crippen molar-refractivity contribution in [3.05, 3.63) is 30.2 Å². The number of ether oxygens (including phenoxy) is 1. The number of hydrogen-bond donors (Lipinski definition) is 0. The predicted molar refractivity (Wildman–Crippen MR) is 127 cm³/mol. The maximum absolute atomic E-state index is 13.3. The summed E-state index contributed by atoms with van der Waals surface area (Å²) in [4.78, 5) is 36.0. The smallest absolute Gasteiger partial charge is 0.246 e. The summed E-state index contributed by atoms with van der Waals surface area (Å²) >= 11 is 3.39. The highest BCUT2D eigenvalue weighted by Crippen LogP contribution is 2.44. The fourth-order valence-electron chi connectivity index (χ4n) is 4.56. The molecule has 0 spiro atoms. The normalized spacial score (nSPS) is 25.9. The Kier molecular flexibility index (Phi) is 6.28. The molecule has 1 aromatic carbocycles. The zero-order valence-electron chi connectivity index (χ0n) is 18.7. The highest BCUT2D eigenvalue weighted by atomic mass is 32.2. The van der Waals surface area contributed by atoms with Gasteiger partial charge in [0.1, 0.15) is 11.8 Å². The van der Waals surface area contributed by atoms with Crippen LogP contribution in [0.5, 0.6) is 5.75 Å². The van der Waals surface area contributed by atoms with Crippen LogP contribution < -0.4 is 4.74 Å². The number of carbonyl (C=O) groups is 2. The van der Waals surface area contributed by atoms with Crippen LogP contribution in [-0.2, 0) is 16.1 Å². The van der Waals surface area contributed by atoms with Gasteiger partial charge in [0, 0.05) is 43.2 Å². The van der Waals surface area contributed by atoms with Gasteiger partial charge in [-0.15, -0.1) is 23.5 Å². The third kappa shape index (κ3) is 4.45. The molecule has 3 aliphatic heterocycles. The molecule has 2 atom stereocenters. The predicted octanol–water partition coefficient (Wildman–Crippen LogP) is 1.80. The Morgan fingerprint density at radius 3 is 2.73 bits per heavy atom. The Labute approximate surface area is 201 Å². The van der Waals surface area contributed by atoms with Gasteiger partial charge in [-0.05, 0) is 31.2 Å². The third-order valence-corrected chi connectivity index (χ3v) is 9.23. The average molecular weight is 490 g/mol. The summed E-state index contributed by atoms with van der Waals surface area (Å²) in [6, 6.07) is 7.18. The number of thioether (sulfide) groups is 2. The minimum Gasteiger partial charge on any atom is -0.497 e. The minimum atomic E-state index is -0.344. The van der Waals surface area contributed by atoms with E-state index in [4.69, 9.17) is 9.26 Å². The minimum absolute atomic E-state index is 0.0747. The van der Waals surface area contributed by atoms with Crippen LogP contribution in [0.2, 0.25) is 0 Å². The molecule has 3 fully saturated rings. The van der Waals surface area contributed by atoms with Crippen LogP contribution in [0, 0.1) is 0 Å². The lowest BCUT2D eigenvalue weighted by atomic mass is 10.1. The van der Waals surface area contributed by atoms with Gasteiger partial charge >= 0.3 is 0 Å². The van der Waals surface area contributed by atoms with Gasteiger partial charge in [0.2, 0.25) is 23.5 Å². The Morgan fingerprint density at radius 1 is 1.24 bits per heavy atom. The molecule has 11 heteroatoms. The van der Waals surface area contributed by atoms with E-state index in [1.165, 1.54) is 0 Å². The van der Waals surface area contributed by atoms with Crippen molar-refractivity contribution >= 4 is 35.3 Å². The van der Waals surface area contributed by atoms with Crippen LogP contribution in [0.25, 0.3) is 11.4 Å². The van der Waals surface area contributed by atoms with Gasteiger partial charge in [0.15, 0.2) is 0 Å². The lowest BCUT2D eigenvalue weighted by molar-refractivity contribution is -0.146. The molecule has 0 radical (unpaired) electrons. The largest absolute Gasteiger partial charge is 0.497 e. The molecular weight excluding hydrogens is 462 g/mol. The molecule has 9 nitrogen and oxygen atoms in total. The number of benzene rings is 1. The molecule has 5 rings (SSSR count). The van der Waals surface area contributed by atoms with E-state index >= 15 is 0 Å². The van der Waals surface area contributed by atoms with Crippen LogP contribution in [-0.4, -0.2) is 98.1 Å². The van der Waals surface area contributed by atoms with Crippen LogP contribution in [0.1, 0.15) is 12.8 Å². The van der Waals surface area contributed by atoms with E-state index in [0.717, 1.165) is 30.2 Å². The van der Waals surface area contributed by atoms with E-state index in [0.29, 0.717) is 42.9 Å². The van der Waals surface area contributed by atoms with Crippen molar-refractivity contribution in [1.82, 2.24) is 24.8 Å². The van der Waals surface area contributed by atoms with E-state index in [9.17, 15) is 9.59 Å². The number of amides is 2. The van der Waals surface area contributed by atoms with E-state index in [1.807, 2.05) is 34.1 Å². The molecule has 0 bridgehead atoms. The molecule has 1 aromatic heterocycles. The highest BCUT2D eigenvalue weighted by Gasteiger charge is 2.52. The molecule has 3 saturated heterocycles. The van der Waals surface area contributed by atoms with Crippen molar-refractivity contribution in [2.24, 2.45) is 0 Å². The van der Waals surface area contributed by atoms with Gasteiger partial charge in [-0.1, -0.05) is 5.16 Å². The fourth-order valence-corrected chi connectivity index (χ4v) is 7.26. The molecule has 4 heterocycles. The SMILES string of the molecule is COc1ccc(-c2noc(CN3CCN(C(=O)C4CSC5(C)CSCC(=O)N45)CC3)n2)cc1. The second-order valence-electron chi connectivity index (χ2n) is 8.60. The van der Waals surface area contributed by atoms with Gasteiger partial charge in [0.25, 0.3) is 0 Å². The van der Waals surface area contributed by atoms with E-state index in [2.05, 4.69) is 22.0 Å². The summed E-state index contributed by atoms with van der Waals surface area (Å²) in [5, 5.41) is 4.10. The number of methoxy groups -OCH3 is 1. The summed E-state index contributed by atoms with van der Waals surface area (Å²) in [7, 11) is 1.63. The summed E-state index contributed by atoms with van der Waals surface area (Å²) in [6.45, 7) is 5.35. The first-order valence-electron chi connectivity index (χ1n) is 11.0. The number of rotatable bonds is 5. The van der Waals surface area contributed by atoms with Crippen LogP contribution in [0.4, 0.5) is 0 Å². The molecule has 2 aromatic rings. The van der Waals surface area contributed by atoms with Crippen molar-refractivity contribution in [3.63, 3.8) is 0 Å². The van der Waals surface area contributed by atoms with Gasteiger partial charge in [-0.2, -0.15) is 4.98 Å². The van der Waals surface area contributed by atoms with E-state index in [-0.39, 0.29) is 22.7 Å². The number of piperazine rings is 1. The van der Waals surface area contributed by atoms with Gasteiger partial charge in [-0.3, -0.25) is 14.5 Å². The van der Waals surface area contributed by atoms with E-state index in [1.54, 1.807) is 30.6 Å². The van der Waals surface area contributed by atoms with Crippen molar-refractivity contribution in [3.8, 4) is 17.1 Å². The number of nitrogens with zero attached hydrogens (tertiary/aromatic N) is 5. The Balaban J connectivity index is 1.16. The summed E-state index contributed by atoms with van der Waals surface area (Å²) < 4.78 is 10.6. The van der Waals surface area contributed by atoms with Crippen LogP contribution in [0.15, 0.2) is 28.8 Å². The summed E-state index contributed by atoms with van der Waals surface area (Å²) in [5.74, 6) is 4.07. The average Bonchev–Trinajstić information content (AvgIpc) is 3.44. The number of fused-ring (bicyclic) bond motifs is 1. The first-order chi connectivity index (χ1) is 16.0. The molecule has 0 aliphatic carbocycles. The molecule has 2 amide bonds. The Hall–Kier alpha value is -2.24. The summed E-state index contributed by atoms with van der Waals surface area (Å²) in [6.07, 6.45) is 0. The zero-order valence-corrected chi connectivity index (χ0v) is 20.4. The molecule has 0 N–H and O–H groups in total. The summed E-state index contributed by atoms with van der Waals surface area (Å²) in [5.41, 5.74) is 0.869. The lowest BCUT2D eigenvalue weighted by Gasteiger charge is -2.42. The zero-order chi connectivity index (χ0) is 23.0. The molecule has 2 unspecified atom stereocenters. The van der Waals surface area contributed by atoms with Crippen LogP contribution >= 0.6 is 23.5 Å². The molecular formula is C22H27N5O4S2. The van der Waals surface area contributed by atoms with Crippen LogP contribution in [0.3, 0.4) is 0 Å². The number of aromatic nitrogens is 2. The van der Waals surface area contributed by atoms with Gasteiger partial charge < -0.3 is 19.1 Å². The van der Waals surface area contributed by atoms with Crippen molar-refractivity contribution in [1.29, 1.82) is 0 Å². The van der Waals surface area contributed by atoms with E-state index < -0.39 is 0 Å².